The van der Waals surface area contributed by atoms with Crippen molar-refractivity contribution in [2.45, 2.75) is 26.4 Å². The van der Waals surface area contributed by atoms with Crippen LogP contribution < -0.4 is 15.8 Å². The van der Waals surface area contributed by atoms with Crippen LogP contribution in [0, 0.1) is 0 Å². The Balaban J connectivity index is 2.23. The average molecular weight is 381 g/mol. The fraction of sp³-hybridized carbons (Fsp3) is 0.238. The van der Waals surface area contributed by atoms with Crippen molar-refractivity contribution in [1.82, 2.24) is 4.98 Å². The van der Waals surface area contributed by atoms with Gasteiger partial charge in [0.25, 0.3) is 0 Å². The summed E-state index contributed by atoms with van der Waals surface area (Å²) in [5.74, 6) is -0.198. The summed E-state index contributed by atoms with van der Waals surface area (Å²) < 4.78 is 5.23. The topological polar surface area (TPSA) is 118 Å². The Morgan fingerprint density at radius 1 is 1.29 bits per heavy atom. The summed E-state index contributed by atoms with van der Waals surface area (Å²) in [6, 6.07) is 8.83. The van der Waals surface area contributed by atoms with E-state index >= 15 is 0 Å². The molecule has 3 rings (SSSR count). The Bertz CT molecular complexity index is 1030. The lowest BCUT2D eigenvalue weighted by molar-refractivity contribution is -0.117. The van der Waals surface area contributed by atoms with Crippen molar-refractivity contribution in [3.05, 3.63) is 53.2 Å². The zero-order chi connectivity index (χ0) is 20.3. The molecule has 7 heteroatoms. The maximum atomic E-state index is 11.6. The predicted octanol–water partition coefficient (Wildman–Crippen LogP) is 2.78. The lowest BCUT2D eigenvalue weighted by Gasteiger charge is -2.18. The number of amides is 1. The van der Waals surface area contributed by atoms with E-state index in [-0.39, 0.29) is 18.8 Å². The molecule has 0 saturated carbocycles. The molecule has 3 aromatic rings. The SMILES string of the molecule is CCc1c(CO)cccc1Nc1c(CC(N)=O)cnc2cc(O)c(OC)cc12. The number of aliphatic hydroxyl groups is 1. The number of hydrogen-bond acceptors (Lipinski definition) is 6. The van der Waals surface area contributed by atoms with E-state index < -0.39 is 5.91 Å². The number of fused-ring (bicyclic) bond motifs is 1. The lowest BCUT2D eigenvalue weighted by atomic mass is 10.0. The van der Waals surface area contributed by atoms with Gasteiger partial charge in [-0.1, -0.05) is 19.1 Å². The molecule has 0 atom stereocenters. The van der Waals surface area contributed by atoms with Gasteiger partial charge >= 0.3 is 0 Å². The number of anilines is 2. The number of hydrogen-bond donors (Lipinski definition) is 4. The first-order chi connectivity index (χ1) is 13.5. The number of nitrogens with two attached hydrogens (primary N) is 1. The number of aromatic hydroxyl groups is 1. The van der Waals surface area contributed by atoms with E-state index in [9.17, 15) is 15.0 Å². The summed E-state index contributed by atoms with van der Waals surface area (Å²) >= 11 is 0. The van der Waals surface area contributed by atoms with E-state index in [0.29, 0.717) is 27.9 Å². The van der Waals surface area contributed by atoms with Crippen molar-refractivity contribution in [3.63, 3.8) is 0 Å². The van der Waals surface area contributed by atoms with Crippen molar-refractivity contribution in [2.24, 2.45) is 5.73 Å². The van der Waals surface area contributed by atoms with Crippen molar-refractivity contribution in [1.29, 1.82) is 0 Å². The molecule has 0 spiro atoms. The minimum absolute atomic E-state index is 0.00954. The Morgan fingerprint density at radius 2 is 2.07 bits per heavy atom. The van der Waals surface area contributed by atoms with Crippen LogP contribution >= 0.6 is 0 Å². The van der Waals surface area contributed by atoms with Gasteiger partial charge in [0.1, 0.15) is 0 Å². The van der Waals surface area contributed by atoms with Crippen LogP contribution in [-0.2, 0) is 24.2 Å². The van der Waals surface area contributed by atoms with Crippen LogP contribution in [0.1, 0.15) is 23.6 Å². The van der Waals surface area contributed by atoms with Crippen LogP contribution in [0.5, 0.6) is 11.5 Å². The minimum atomic E-state index is -0.477. The zero-order valence-corrected chi connectivity index (χ0v) is 15.8. The van der Waals surface area contributed by atoms with Gasteiger partial charge in [0.2, 0.25) is 5.91 Å². The molecular weight excluding hydrogens is 358 g/mol. The van der Waals surface area contributed by atoms with Crippen LogP contribution in [0.25, 0.3) is 10.9 Å². The lowest BCUT2D eigenvalue weighted by Crippen LogP contribution is -2.15. The summed E-state index contributed by atoms with van der Waals surface area (Å²) in [5, 5.41) is 23.8. The molecule has 146 valence electrons. The molecule has 0 aliphatic carbocycles. The number of carbonyl (C=O) groups excluding carboxylic acids is 1. The second-order valence-electron chi connectivity index (χ2n) is 6.42. The van der Waals surface area contributed by atoms with E-state index in [0.717, 1.165) is 23.2 Å². The number of nitrogens with zero attached hydrogens (tertiary/aromatic N) is 1. The summed E-state index contributed by atoms with van der Waals surface area (Å²) in [5.41, 5.74) is 9.88. The molecular formula is C21H23N3O4. The molecule has 0 aliphatic heterocycles. The number of aromatic nitrogens is 1. The molecule has 1 heterocycles. The van der Waals surface area contributed by atoms with Crippen molar-refractivity contribution < 1.29 is 19.7 Å². The highest BCUT2D eigenvalue weighted by molar-refractivity contribution is 5.98. The summed E-state index contributed by atoms with van der Waals surface area (Å²) in [6.45, 7) is 1.95. The van der Waals surface area contributed by atoms with Gasteiger partial charge in [-0.3, -0.25) is 9.78 Å². The molecule has 0 aliphatic rings. The number of pyridine rings is 1. The minimum Gasteiger partial charge on any atom is -0.504 e. The first-order valence-electron chi connectivity index (χ1n) is 8.94. The average Bonchev–Trinajstić information content (AvgIpc) is 2.68. The molecule has 1 amide bonds. The summed E-state index contributed by atoms with van der Waals surface area (Å²) in [6.07, 6.45) is 2.30. The standard InChI is InChI=1S/C21H23N3O4/c1-3-14-12(11-25)5-4-6-16(14)24-21-13(7-20(22)27)10-23-17-9-18(26)19(28-2)8-15(17)21/h4-6,8-10,25-26H,3,7,11H2,1-2H3,(H2,22,27)(H,23,24). The molecule has 0 fully saturated rings. The number of methoxy groups -OCH3 is 1. The Kier molecular flexibility index (Phi) is 5.65. The van der Waals surface area contributed by atoms with Crippen molar-refractivity contribution in [2.75, 3.05) is 12.4 Å². The number of phenolic OH excluding ortho intramolecular Hbond substituents is 1. The molecule has 5 N–H and O–H groups in total. The molecule has 0 unspecified atom stereocenters. The number of carbonyl (C=O) groups is 1. The molecule has 28 heavy (non-hydrogen) atoms. The monoisotopic (exact) mass is 381 g/mol. The number of primary amides is 1. The largest absolute Gasteiger partial charge is 0.504 e. The van der Waals surface area contributed by atoms with Crippen LogP contribution in [0.2, 0.25) is 0 Å². The van der Waals surface area contributed by atoms with Gasteiger partial charge in [-0.15, -0.1) is 0 Å². The van der Waals surface area contributed by atoms with Gasteiger partial charge in [-0.25, -0.2) is 0 Å². The maximum Gasteiger partial charge on any atom is 0.221 e. The summed E-state index contributed by atoms with van der Waals surface area (Å²) in [7, 11) is 1.47. The number of benzene rings is 2. The third kappa shape index (κ3) is 3.70. The van der Waals surface area contributed by atoms with Gasteiger partial charge in [-0.2, -0.15) is 0 Å². The molecule has 0 radical (unpaired) electrons. The number of nitrogens with one attached hydrogen (secondary N) is 1. The van der Waals surface area contributed by atoms with E-state index in [4.69, 9.17) is 10.5 Å². The molecule has 0 bridgehead atoms. The van der Waals surface area contributed by atoms with E-state index in [1.54, 1.807) is 12.3 Å². The van der Waals surface area contributed by atoms with Gasteiger partial charge in [0.05, 0.1) is 31.3 Å². The highest BCUT2D eigenvalue weighted by atomic mass is 16.5. The third-order valence-electron chi connectivity index (χ3n) is 4.67. The van der Waals surface area contributed by atoms with E-state index in [1.165, 1.54) is 13.2 Å². The molecule has 2 aromatic carbocycles. The van der Waals surface area contributed by atoms with Gasteiger partial charge in [0, 0.05) is 28.9 Å². The highest BCUT2D eigenvalue weighted by Gasteiger charge is 2.16. The van der Waals surface area contributed by atoms with Crippen LogP contribution in [0.15, 0.2) is 36.5 Å². The number of ether oxygens (including phenoxy) is 1. The van der Waals surface area contributed by atoms with Crippen molar-refractivity contribution in [3.8, 4) is 11.5 Å². The first-order valence-corrected chi connectivity index (χ1v) is 8.94. The highest BCUT2D eigenvalue weighted by Crippen LogP contribution is 2.37. The quantitative estimate of drug-likeness (QED) is 0.500. The maximum absolute atomic E-state index is 11.6. The number of phenols is 1. The molecule has 1 aromatic heterocycles. The third-order valence-corrected chi connectivity index (χ3v) is 4.67. The zero-order valence-electron chi connectivity index (χ0n) is 15.8. The second kappa shape index (κ2) is 8.14. The van der Waals surface area contributed by atoms with Gasteiger partial charge in [-0.05, 0) is 29.7 Å². The second-order valence-corrected chi connectivity index (χ2v) is 6.42. The van der Waals surface area contributed by atoms with E-state index in [2.05, 4.69) is 10.3 Å². The number of rotatable bonds is 7. The number of aliphatic hydroxyl groups excluding tert-OH is 1. The smallest absolute Gasteiger partial charge is 0.221 e. The summed E-state index contributed by atoms with van der Waals surface area (Å²) in [4.78, 5) is 15.9. The fourth-order valence-corrected chi connectivity index (χ4v) is 3.33. The Hall–Kier alpha value is -3.32. The molecule has 0 saturated heterocycles. The van der Waals surface area contributed by atoms with Gasteiger partial charge in [0.15, 0.2) is 11.5 Å². The van der Waals surface area contributed by atoms with Crippen LogP contribution in [-0.4, -0.2) is 28.2 Å². The first kappa shape index (κ1) is 19.4. The van der Waals surface area contributed by atoms with Gasteiger partial charge < -0.3 is 26.0 Å². The fourth-order valence-electron chi connectivity index (χ4n) is 3.33. The van der Waals surface area contributed by atoms with E-state index in [1.807, 2.05) is 25.1 Å². The van der Waals surface area contributed by atoms with Crippen LogP contribution in [0.3, 0.4) is 0 Å². The predicted molar refractivity (Wildman–Crippen MR) is 108 cm³/mol. The van der Waals surface area contributed by atoms with Crippen molar-refractivity contribution >= 4 is 28.2 Å². The van der Waals surface area contributed by atoms with Crippen LogP contribution in [0.4, 0.5) is 11.4 Å². The Labute approximate surface area is 162 Å². The normalized spacial score (nSPS) is 10.8. The molecule has 7 nitrogen and oxygen atoms in total. The Morgan fingerprint density at radius 3 is 2.71 bits per heavy atom.